The van der Waals surface area contributed by atoms with Crippen molar-refractivity contribution in [1.29, 1.82) is 16.1 Å². The molecule has 68 heavy (non-hydrogen) atoms. The van der Waals surface area contributed by atoms with Crippen LogP contribution in [-0.2, 0) is 0 Å². The average molecular weight is 1040 g/mol. The molecule has 6 N–H and O–H groups in total. The molecular weight excluding hydrogens is 999 g/mol. The molecule has 0 unspecified atom stereocenters. The molecule has 0 aliphatic rings. The molecule has 7 nitrogen and oxygen atoms in total. The van der Waals surface area contributed by atoms with Gasteiger partial charge in [0.25, 0.3) is 0 Å². The average Bonchev–Trinajstić information content (AvgIpc) is 4.26. The van der Waals surface area contributed by atoms with Crippen molar-refractivity contribution in [3.05, 3.63) is 225 Å². The van der Waals surface area contributed by atoms with Crippen LogP contribution in [0.4, 0.5) is 11.4 Å². The number of nitrogens with zero attached hydrogens (tertiary/aromatic N) is 3. The van der Waals surface area contributed by atoms with Crippen LogP contribution in [0, 0.1) is 35.3 Å². The van der Waals surface area contributed by atoms with Gasteiger partial charge >= 0.3 is 0 Å². The molecule has 10 rings (SSSR count). The first-order chi connectivity index (χ1) is 33.1. The quantitative estimate of drug-likeness (QED) is 0.0652. The molecule has 5 aromatic heterocycles. The maximum absolute atomic E-state index is 8.92. The van der Waals surface area contributed by atoms with Crippen molar-refractivity contribution in [3.63, 3.8) is 0 Å². The third kappa shape index (κ3) is 11.5. The van der Waals surface area contributed by atoms with Crippen LogP contribution in [0.5, 0.6) is 0 Å². The summed E-state index contributed by atoms with van der Waals surface area (Å²) in [6.45, 7) is 13.9. The number of rotatable bonds is 9. The molecule has 5 aromatic carbocycles. The fourth-order valence-electron chi connectivity index (χ4n) is 6.71. The van der Waals surface area contributed by atoms with Gasteiger partial charge in [-0.25, -0.2) is 9.69 Å². The molecule has 0 spiro atoms. The Morgan fingerprint density at radius 2 is 0.662 bits per heavy atom. The summed E-state index contributed by atoms with van der Waals surface area (Å²) in [7, 11) is 0. The van der Waals surface area contributed by atoms with Crippen molar-refractivity contribution >= 4 is 95.7 Å². The maximum atomic E-state index is 8.92. The molecule has 0 saturated carbocycles. The van der Waals surface area contributed by atoms with E-state index in [0.29, 0.717) is 16.9 Å². The van der Waals surface area contributed by atoms with Gasteiger partial charge in [-0.1, -0.05) is 109 Å². The highest BCUT2D eigenvalue weighted by atomic mass is 79.9. The van der Waals surface area contributed by atoms with Gasteiger partial charge in [-0.2, -0.15) is 5.26 Å². The van der Waals surface area contributed by atoms with Crippen LogP contribution in [0.3, 0.4) is 0 Å². The van der Waals surface area contributed by atoms with E-state index in [-0.39, 0.29) is 11.7 Å². The Bertz CT molecular complexity index is 3290. The maximum Gasteiger partial charge on any atom is 0.187 e. The third-order valence-corrected chi connectivity index (χ3v) is 16.9. The highest BCUT2D eigenvalue weighted by Crippen LogP contribution is 2.42. The summed E-state index contributed by atoms with van der Waals surface area (Å²) in [5, 5.41) is 23.9. The van der Waals surface area contributed by atoms with Gasteiger partial charge in [-0.15, -0.1) is 56.7 Å². The van der Waals surface area contributed by atoms with E-state index in [4.69, 9.17) is 40.7 Å². The minimum atomic E-state index is 0.0841. The SMILES string of the molecule is N=C(N)c1ccc(-c2ccc(-c3ccc(-c4ccc(C(=N)N)cc4)s3)s2)cc1.[C-]#[N+]c1ccc(-c2ccc(-c3ccc(-c4ccc(C#N)cc4)s3)s2)cc1.[C-]#[N+]c1ccc(-c2ccc(Br)s2)cc1. The summed E-state index contributed by atoms with van der Waals surface area (Å²) in [5.41, 5.74) is 20.2. The first kappa shape index (κ1) is 47.0. The molecule has 0 radical (unpaired) electrons. The first-order valence-corrected chi connectivity index (χ1v) is 25.5. The number of thiophene rings is 5. The Morgan fingerprint density at radius 3 is 0.926 bits per heavy atom. The number of benzene rings is 5. The molecule has 328 valence electrons. The first-order valence-electron chi connectivity index (χ1n) is 20.6. The van der Waals surface area contributed by atoms with Crippen molar-refractivity contribution in [2.45, 2.75) is 0 Å². The Morgan fingerprint density at radius 1 is 0.397 bits per heavy atom. The van der Waals surface area contributed by atoms with Gasteiger partial charge in [0, 0.05) is 55.0 Å². The lowest BCUT2D eigenvalue weighted by Gasteiger charge is -2.01. The van der Waals surface area contributed by atoms with Crippen molar-refractivity contribution in [2.24, 2.45) is 11.5 Å². The summed E-state index contributed by atoms with van der Waals surface area (Å²) in [6, 6.07) is 61.9. The van der Waals surface area contributed by atoms with Gasteiger partial charge in [0.2, 0.25) is 0 Å². The number of nitrogens with one attached hydrogen (secondary N) is 2. The lowest BCUT2D eigenvalue weighted by Crippen LogP contribution is -2.10. The lowest BCUT2D eigenvalue weighted by atomic mass is 10.1. The van der Waals surface area contributed by atoms with Gasteiger partial charge in [0.05, 0.1) is 28.6 Å². The number of amidine groups is 2. The second-order valence-corrected chi connectivity index (χ2v) is 21.5. The molecule has 0 bridgehead atoms. The molecule has 13 heteroatoms. The monoisotopic (exact) mass is 1030 g/mol. The molecule has 0 atom stereocenters. The van der Waals surface area contributed by atoms with Crippen molar-refractivity contribution in [2.75, 3.05) is 0 Å². The fourth-order valence-corrected chi connectivity index (χ4v) is 12.3. The van der Waals surface area contributed by atoms with Crippen LogP contribution in [0.1, 0.15) is 16.7 Å². The number of hydrogen-bond acceptors (Lipinski definition) is 8. The summed E-state index contributed by atoms with van der Waals surface area (Å²) >= 11 is 12.1. The molecule has 0 saturated heterocycles. The van der Waals surface area contributed by atoms with Gasteiger partial charge in [0.15, 0.2) is 11.4 Å². The Balaban J connectivity index is 0.000000145. The van der Waals surface area contributed by atoms with Gasteiger partial charge in [-0.3, -0.25) is 10.8 Å². The molecule has 0 fully saturated rings. The molecule has 0 aliphatic carbocycles. The zero-order valence-electron chi connectivity index (χ0n) is 35.7. The van der Waals surface area contributed by atoms with E-state index in [1.807, 2.05) is 127 Å². The Labute approximate surface area is 422 Å². The number of halogens is 1. The highest BCUT2D eigenvalue weighted by Gasteiger charge is 2.12. The van der Waals surface area contributed by atoms with E-state index in [9.17, 15) is 0 Å². The summed E-state index contributed by atoms with van der Waals surface area (Å²) in [4.78, 5) is 17.7. The van der Waals surface area contributed by atoms with Gasteiger partial charge < -0.3 is 11.5 Å². The third-order valence-electron chi connectivity index (χ3n) is 10.3. The predicted octanol–water partition coefficient (Wildman–Crippen LogP) is 17.3. The predicted molar refractivity (Wildman–Crippen MR) is 294 cm³/mol. The molecular formula is C55H36BrN7S5. The minimum absolute atomic E-state index is 0.0841. The number of nitriles is 1. The zero-order chi connectivity index (χ0) is 47.6. The summed E-state index contributed by atoms with van der Waals surface area (Å²) in [5.74, 6) is 0.168. The Hall–Kier alpha value is -7.51. The molecule has 0 amide bonds. The molecule has 10 aromatic rings. The van der Waals surface area contributed by atoms with E-state index >= 15 is 0 Å². The largest absolute Gasteiger partial charge is 0.384 e. The van der Waals surface area contributed by atoms with Crippen LogP contribution >= 0.6 is 72.6 Å². The fraction of sp³-hybridized carbons (Fsp3) is 0. The van der Waals surface area contributed by atoms with Crippen LogP contribution < -0.4 is 11.5 Å². The second kappa shape index (κ2) is 21.9. The van der Waals surface area contributed by atoms with Crippen LogP contribution in [-0.4, -0.2) is 11.7 Å². The van der Waals surface area contributed by atoms with Crippen LogP contribution in [0.15, 0.2) is 186 Å². The van der Waals surface area contributed by atoms with E-state index in [1.165, 1.54) is 43.9 Å². The Kier molecular flexibility index (Phi) is 15.1. The van der Waals surface area contributed by atoms with Crippen molar-refractivity contribution in [3.8, 4) is 77.8 Å². The van der Waals surface area contributed by atoms with E-state index in [1.54, 1.807) is 56.7 Å². The van der Waals surface area contributed by atoms with E-state index in [2.05, 4.69) is 86.3 Å². The van der Waals surface area contributed by atoms with Crippen LogP contribution in [0.25, 0.3) is 81.4 Å². The second-order valence-electron chi connectivity index (χ2n) is 14.7. The number of nitrogens with two attached hydrogens (primary N) is 2. The molecule has 0 aliphatic heterocycles. The number of hydrogen-bond donors (Lipinski definition) is 4. The highest BCUT2D eigenvalue weighted by molar-refractivity contribution is 9.11. The van der Waals surface area contributed by atoms with Crippen molar-refractivity contribution < 1.29 is 0 Å². The van der Waals surface area contributed by atoms with E-state index < -0.39 is 0 Å². The summed E-state index contributed by atoms with van der Waals surface area (Å²) < 4.78 is 1.13. The zero-order valence-corrected chi connectivity index (χ0v) is 41.4. The smallest absolute Gasteiger partial charge is 0.187 e. The lowest BCUT2D eigenvalue weighted by molar-refractivity contribution is 1.42. The van der Waals surface area contributed by atoms with Gasteiger partial charge in [-0.05, 0) is 117 Å². The number of nitrogen functional groups attached to an aromatic ring is 2. The van der Waals surface area contributed by atoms with Crippen LogP contribution in [0.2, 0.25) is 0 Å². The minimum Gasteiger partial charge on any atom is -0.384 e. The van der Waals surface area contributed by atoms with E-state index in [0.717, 1.165) is 42.7 Å². The van der Waals surface area contributed by atoms with Crippen molar-refractivity contribution in [1.82, 2.24) is 0 Å². The molecule has 5 heterocycles. The van der Waals surface area contributed by atoms with Gasteiger partial charge in [0.1, 0.15) is 11.7 Å². The topological polar surface area (TPSA) is 132 Å². The summed E-state index contributed by atoms with van der Waals surface area (Å²) in [6.07, 6.45) is 0. The standard InChI is InChI=1S/C22H18N4S2.C22H12N2S2.C11H6BrNS/c23-21(24)15-5-1-13(2-6-15)17-9-11-19(27-17)20-12-10-18(28-20)14-3-7-16(8-4-14)22(25)26;1-24-18-8-6-17(7-9-18)20-11-13-22(26-20)21-12-10-19(25-21)16-4-2-15(14-23)3-5-16;1-13-9-4-2-8(3-5-9)10-6-7-11(12)14-10/h1-12H,(H3,23,24)(H3,25,26);2-13H;2-7H. The normalized spacial score (nSPS) is 10.3.